The average molecular weight is 358 g/mol. The first-order chi connectivity index (χ1) is 11.3. The van der Waals surface area contributed by atoms with Crippen molar-refractivity contribution in [1.82, 2.24) is 0 Å². The van der Waals surface area contributed by atoms with Gasteiger partial charge in [0.1, 0.15) is 4.90 Å². The zero-order chi connectivity index (χ0) is 18.2. The molecule has 0 aliphatic heterocycles. The number of unbranched alkanes of at least 4 members (excludes halogenated alkanes) is 2. The molecule has 5 heteroatoms. The second-order valence-electron chi connectivity index (χ2n) is 6.67. The van der Waals surface area contributed by atoms with Gasteiger partial charge in [0.05, 0.1) is 0 Å². The maximum atomic E-state index is 11.0. The molecule has 2 aromatic carbocycles. The van der Waals surface area contributed by atoms with Crippen molar-refractivity contribution in [2.45, 2.75) is 54.5 Å². The largest absolute Gasteiger partial charge is 0.295 e. The third-order valence-electron chi connectivity index (χ3n) is 4.43. The predicted molar refractivity (Wildman–Crippen MR) is 102 cm³/mol. The first-order valence-corrected chi connectivity index (χ1v) is 11.3. The summed E-state index contributed by atoms with van der Waals surface area (Å²) in [4.78, 5) is -0.0457. The van der Waals surface area contributed by atoms with E-state index in [0.29, 0.717) is 5.39 Å². The molecule has 0 aromatic heterocycles. The standard InChI is InChI=1S/C10H8O3S.C9H19.Na/c11-14(12,13)10-7-3-5-8-4-1-2-6-9(8)10;1-4-5-6-7-8-9(2)3;/h1-7H,(H,11,12,13);8-9H,4-7H2,1-3H3;. The Bertz CT molecular complexity index is 721. The van der Waals surface area contributed by atoms with Gasteiger partial charge in [0, 0.05) is 5.39 Å². The van der Waals surface area contributed by atoms with Gasteiger partial charge in [-0.3, -0.25) is 4.55 Å². The van der Waals surface area contributed by atoms with Crippen molar-refractivity contribution >= 4 is 48.8 Å². The summed E-state index contributed by atoms with van der Waals surface area (Å²) >= 11 is 1.39. The molecule has 128 valence electrons. The first kappa shape index (κ1) is 21.7. The minimum atomic E-state index is -4.13. The van der Waals surface area contributed by atoms with E-state index >= 15 is 0 Å². The van der Waals surface area contributed by atoms with Gasteiger partial charge in [-0.2, -0.15) is 8.42 Å². The monoisotopic (exact) mass is 358 g/mol. The molecule has 1 N–H and O–H groups in total. The molecule has 1 atom stereocenters. The van der Waals surface area contributed by atoms with Crippen LogP contribution in [0.3, 0.4) is 0 Å². The fourth-order valence-electron chi connectivity index (χ4n) is 2.47. The van der Waals surface area contributed by atoms with Crippen LogP contribution in [0.2, 0.25) is 3.17 Å². The van der Waals surface area contributed by atoms with Gasteiger partial charge in [0.2, 0.25) is 0 Å². The van der Waals surface area contributed by atoms with Crippen molar-refractivity contribution in [1.29, 1.82) is 0 Å². The number of benzene rings is 2. The van der Waals surface area contributed by atoms with Crippen LogP contribution in [0.15, 0.2) is 47.4 Å². The van der Waals surface area contributed by atoms with E-state index in [2.05, 4.69) is 20.8 Å². The Hall–Kier alpha value is -0.390. The Morgan fingerprint density at radius 2 is 1.67 bits per heavy atom. The van der Waals surface area contributed by atoms with Crippen molar-refractivity contribution < 1.29 is 13.0 Å². The van der Waals surface area contributed by atoms with E-state index in [1.54, 1.807) is 30.3 Å². The average Bonchev–Trinajstić information content (AvgIpc) is 2.54. The predicted octanol–water partition coefficient (Wildman–Crippen LogP) is 5.27. The molecule has 2 rings (SSSR count). The van der Waals surface area contributed by atoms with E-state index in [1.165, 1.54) is 59.7 Å². The molecule has 0 aliphatic carbocycles. The van der Waals surface area contributed by atoms with Crippen molar-refractivity contribution in [3.8, 4) is 0 Å². The normalized spacial score (nSPS) is 12.8. The topological polar surface area (TPSA) is 54.4 Å². The van der Waals surface area contributed by atoms with Gasteiger partial charge < -0.3 is 0 Å². The molecule has 0 aliphatic rings. The summed E-state index contributed by atoms with van der Waals surface area (Å²) in [5.41, 5.74) is 0. The van der Waals surface area contributed by atoms with E-state index < -0.39 is 10.1 Å². The minimum absolute atomic E-state index is 0.0457. The molecule has 0 heterocycles. The summed E-state index contributed by atoms with van der Waals surface area (Å²) in [6.07, 6.45) is 5.75. The maximum Gasteiger partial charge on any atom is 0.295 e. The zero-order valence-electron chi connectivity index (χ0n) is 15.2. The van der Waals surface area contributed by atoms with E-state index in [-0.39, 0.29) is 4.90 Å². The van der Waals surface area contributed by atoms with Gasteiger partial charge >= 0.3 is 83.5 Å². The third-order valence-corrected chi connectivity index (χ3v) is 7.25. The van der Waals surface area contributed by atoms with Gasteiger partial charge in [-0.15, -0.1) is 0 Å². The van der Waals surface area contributed by atoms with Crippen LogP contribution in [0.1, 0.15) is 46.5 Å². The first-order valence-electron chi connectivity index (χ1n) is 8.72. The Kier molecular flexibility index (Phi) is 9.53. The van der Waals surface area contributed by atoms with Gasteiger partial charge in [0.15, 0.2) is 0 Å². The van der Waals surface area contributed by atoms with Gasteiger partial charge in [0.25, 0.3) is 10.1 Å². The molecule has 0 fully saturated rings. The molecular weight excluding hydrogens is 331 g/mol. The molecule has 0 bridgehead atoms. The zero-order valence-corrected chi connectivity index (χ0v) is 18.0. The summed E-state index contributed by atoms with van der Waals surface area (Å²) < 4.78 is 32.0. The molecule has 1 unspecified atom stereocenters. The maximum absolute atomic E-state index is 11.0. The van der Waals surface area contributed by atoms with Crippen LogP contribution >= 0.6 is 0 Å². The summed E-state index contributed by atoms with van der Waals surface area (Å²) in [6, 6.07) is 11.8. The fraction of sp³-hybridized carbons (Fsp3) is 0.474. The Morgan fingerprint density at radius 3 is 2.25 bits per heavy atom. The molecule has 0 amide bonds. The van der Waals surface area contributed by atoms with Crippen LogP contribution in [0, 0.1) is 5.92 Å². The Labute approximate surface area is 164 Å². The van der Waals surface area contributed by atoms with Crippen molar-refractivity contribution in [2.24, 2.45) is 5.92 Å². The molecule has 0 radical (unpaired) electrons. The number of hydrogen-bond acceptors (Lipinski definition) is 2. The SMILES string of the molecule is CCCCC[CH]([Na])C(C)C.O=S(=O)(O)c1cccc2ccccc12. The molecule has 0 saturated heterocycles. The molecule has 0 spiro atoms. The fourth-order valence-corrected chi connectivity index (χ4v) is 3.59. The van der Waals surface area contributed by atoms with Crippen LogP contribution in [0.4, 0.5) is 0 Å². The number of rotatable bonds is 6. The second kappa shape index (κ2) is 10.6. The van der Waals surface area contributed by atoms with E-state index in [0.717, 1.165) is 14.5 Å². The quantitative estimate of drug-likeness (QED) is 0.435. The summed E-state index contributed by atoms with van der Waals surface area (Å²) in [5.74, 6) is 0.934. The van der Waals surface area contributed by atoms with Crippen LogP contribution in [-0.2, 0) is 10.1 Å². The second-order valence-corrected chi connectivity index (χ2v) is 9.54. The molecule has 3 nitrogen and oxygen atoms in total. The number of hydrogen-bond donors (Lipinski definition) is 1. The van der Waals surface area contributed by atoms with Crippen LogP contribution in [0.25, 0.3) is 10.8 Å². The summed E-state index contributed by atoms with van der Waals surface area (Å²) in [5, 5.41) is 1.33. The molecular formula is C19H27NaO3S. The van der Waals surface area contributed by atoms with Crippen LogP contribution in [0.5, 0.6) is 0 Å². The summed E-state index contributed by atoms with van der Waals surface area (Å²) in [7, 11) is -4.13. The minimum Gasteiger partial charge on any atom is -0.282 e. The smallest absolute Gasteiger partial charge is 0.282 e. The summed E-state index contributed by atoms with van der Waals surface area (Å²) in [6.45, 7) is 6.98. The number of fused-ring (bicyclic) bond motifs is 1. The van der Waals surface area contributed by atoms with Gasteiger partial charge in [-0.25, -0.2) is 0 Å². The molecule has 2 aromatic rings. The Balaban J connectivity index is 0.000000257. The van der Waals surface area contributed by atoms with E-state index in [9.17, 15) is 8.42 Å². The van der Waals surface area contributed by atoms with E-state index in [4.69, 9.17) is 4.55 Å². The van der Waals surface area contributed by atoms with Crippen molar-refractivity contribution in [2.75, 3.05) is 0 Å². The molecule has 24 heavy (non-hydrogen) atoms. The van der Waals surface area contributed by atoms with Crippen LogP contribution < -0.4 is 0 Å². The van der Waals surface area contributed by atoms with Crippen molar-refractivity contribution in [3.05, 3.63) is 42.5 Å². The Morgan fingerprint density at radius 1 is 1.04 bits per heavy atom. The van der Waals surface area contributed by atoms with E-state index in [1.807, 2.05) is 6.07 Å². The van der Waals surface area contributed by atoms with Crippen molar-refractivity contribution in [3.63, 3.8) is 0 Å². The third kappa shape index (κ3) is 7.24. The van der Waals surface area contributed by atoms with Gasteiger partial charge in [-0.05, 0) is 11.5 Å². The molecule has 0 saturated carbocycles. The van der Waals surface area contributed by atoms with Crippen LogP contribution in [-0.4, -0.2) is 40.9 Å². The van der Waals surface area contributed by atoms with Gasteiger partial charge in [-0.1, -0.05) is 36.4 Å².